The molecule has 0 unspecified atom stereocenters. The molecular formula is C15H10ClFN4. The summed E-state index contributed by atoms with van der Waals surface area (Å²) in [6.45, 7) is 0. The Morgan fingerprint density at radius 1 is 1.00 bits per heavy atom. The molecule has 2 heterocycles. The number of hydrogen-bond acceptors (Lipinski definition) is 4. The number of anilines is 2. The third-order valence-corrected chi connectivity index (χ3v) is 3.02. The van der Waals surface area contributed by atoms with Gasteiger partial charge in [-0.25, -0.2) is 15.0 Å². The minimum Gasteiger partial charge on any atom is -0.340 e. The minimum atomic E-state index is -0.546. The van der Waals surface area contributed by atoms with E-state index in [0.29, 0.717) is 22.1 Å². The Bertz CT molecular complexity index is 779. The Kier molecular flexibility index (Phi) is 3.75. The van der Waals surface area contributed by atoms with Gasteiger partial charge in [-0.2, -0.15) is 4.39 Å². The van der Waals surface area contributed by atoms with Gasteiger partial charge in [0, 0.05) is 34.6 Å². The summed E-state index contributed by atoms with van der Waals surface area (Å²) in [7, 11) is 0. The van der Waals surface area contributed by atoms with Crippen LogP contribution >= 0.6 is 11.6 Å². The highest BCUT2D eigenvalue weighted by Crippen LogP contribution is 2.22. The summed E-state index contributed by atoms with van der Waals surface area (Å²) in [6.07, 6.45) is 2.82. The Hall–Kier alpha value is -2.53. The van der Waals surface area contributed by atoms with Crippen LogP contribution in [0.5, 0.6) is 0 Å². The fourth-order valence-corrected chi connectivity index (χ4v) is 2.05. The van der Waals surface area contributed by atoms with Crippen LogP contribution in [0, 0.1) is 5.95 Å². The van der Waals surface area contributed by atoms with E-state index in [2.05, 4.69) is 20.3 Å². The monoisotopic (exact) mass is 300 g/mol. The molecule has 0 spiro atoms. The maximum absolute atomic E-state index is 13.2. The molecule has 0 atom stereocenters. The van der Waals surface area contributed by atoms with Crippen molar-refractivity contribution in [2.24, 2.45) is 0 Å². The predicted molar refractivity (Wildman–Crippen MR) is 80.0 cm³/mol. The molecule has 0 aliphatic heterocycles. The van der Waals surface area contributed by atoms with Crippen LogP contribution in [0.2, 0.25) is 5.02 Å². The smallest absolute Gasteiger partial charge is 0.213 e. The third kappa shape index (κ3) is 3.32. The van der Waals surface area contributed by atoms with E-state index in [0.717, 1.165) is 5.69 Å². The van der Waals surface area contributed by atoms with Crippen molar-refractivity contribution < 1.29 is 4.39 Å². The second-order valence-corrected chi connectivity index (χ2v) is 4.73. The zero-order chi connectivity index (χ0) is 14.7. The summed E-state index contributed by atoms with van der Waals surface area (Å²) in [5, 5.41) is 3.75. The van der Waals surface area contributed by atoms with Gasteiger partial charge in [-0.15, -0.1) is 0 Å². The topological polar surface area (TPSA) is 50.7 Å². The first-order chi connectivity index (χ1) is 10.2. The van der Waals surface area contributed by atoms with E-state index < -0.39 is 5.95 Å². The van der Waals surface area contributed by atoms with Gasteiger partial charge in [0.05, 0.1) is 5.69 Å². The first kappa shape index (κ1) is 13.5. The highest BCUT2D eigenvalue weighted by atomic mass is 35.5. The zero-order valence-corrected chi connectivity index (χ0v) is 11.5. The van der Waals surface area contributed by atoms with Crippen molar-refractivity contribution in [3.05, 3.63) is 66.0 Å². The lowest BCUT2D eigenvalue weighted by atomic mass is 10.2. The minimum absolute atomic E-state index is 0.546. The van der Waals surface area contributed by atoms with Crippen LogP contribution < -0.4 is 5.32 Å². The lowest BCUT2D eigenvalue weighted by molar-refractivity contribution is 0.584. The Morgan fingerprint density at radius 2 is 1.90 bits per heavy atom. The summed E-state index contributed by atoms with van der Waals surface area (Å²) >= 11 is 5.93. The lowest BCUT2D eigenvalue weighted by Crippen LogP contribution is -1.95. The Morgan fingerprint density at radius 3 is 2.71 bits per heavy atom. The standard InChI is InChI=1S/C15H10ClFN4/c16-11-2-1-3-12(7-11)21-15-8-13(19-9-20-15)10-4-5-18-14(17)6-10/h1-9H,(H,19,20,21). The van der Waals surface area contributed by atoms with Gasteiger partial charge < -0.3 is 5.32 Å². The molecule has 4 nitrogen and oxygen atoms in total. The summed E-state index contributed by atoms with van der Waals surface area (Å²) in [6, 6.07) is 12.0. The van der Waals surface area contributed by atoms with Crippen molar-refractivity contribution in [2.45, 2.75) is 0 Å². The summed E-state index contributed by atoms with van der Waals surface area (Å²) in [5.74, 6) is 0.0509. The van der Waals surface area contributed by atoms with E-state index in [9.17, 15) is 4.39 Å². The summed E-state index contributed by atoms with van der Waals surface area (Å²) < 4.78 is 13.2. The van der Waals surface area contributed by atoms with Crippen LogP contribution in [0.15, 0.2) is 55.0 Å². The first-order valence-electron chi connectivity index (χ1n) is 6.17. The van der Waals surface area contributed by atoms with Crippen molar-refractivity contribution in [2.75, 3.05) is 5.32 Å². The highest BCUT2D eigenvalue weighted by molar-refractivity contribution is 6.30. The van der Waals surface area contributed by atoms with E-state index in [-0.39, 0.29) is 0 Å². The van der Waals surface area contributed by atoms with Gasteiger partial charge in [-0.3, -0.25) is 0 Å². The van der Waals surface area contributed by atoms with Crippen molar-refractivity contribution >= 4 is 23.1 Å². The number of hydrogen-bond donors (Lipinski definition) is 1. The summed E-state index contributed by atoms with van der Waals surface area (Å²) in [5.41, 5.74) is 2.06. The number of nitrogens with zero attached hydrogens (tertiary/aromatic N) is 3. The van der Waals surface area contributed by atoms with Gasteiger partial charge in [0.15, 0.2) is 0 Å². The van der Waals surface area contributed by atoms with Crippen molar-refractivity contribution in [3.8, 4) is 11.3 Å². The SMILES string of the molecule is Fc1cc(-c2cc(Nc3cccc(Cl)c3)ncn2)ccn1. The fourth-order valence-electron chi connectivity index (χ4n) is 1.86. The molecule has 0 aliphatic rings. The van der Waals surface area contributed by atoms with Gasteiger partial charge in [0.1, 0.15) is 12.1 Å². The van der Waals surface area contributed by atoms with Crippen LogP contribution in [0.4, 0.5) is 15.9 Å². The molecular weight excluding hydrogens is 291 g/mol. The van der Waals surface area contributed by atoms with Crippen LogP contribution in [-0.4, -0.2) is 15.0 Å². The van der Waals surface area contributed by atoms with Gasteiger partial charge >= 0.3 is 0 Å². The molecule has 3 rings (SSSR count). The largest absolute Gasteiger partial charge is 0.340 e. The van der Waals surface area contributed by atoms with E-state index in [1.165, 1.54) is 18.6 Å². The molecule has 2 aromatic heterocycles. The quantitative estimate of drug-likeness (QED) is 0.741. The van der Waals surface area contributed by atoms with Gasteiger partial charge in [0.25, 0.3) is 0 Å². The van der Waals surface area contributed by atoms with Gasteiger partial charge in [-0.1, -0.05) is 17.7 Å². The maximum Gasteiger partial charge on any atom is 0.213 e. The molecule has 0 amide bonds. The molecule has 1 N–H and O–H groups in total. The second-order valence-electron chi connectivity index (χ2n) is 4.29. The van der Waals surface area contributed by atoms with E-state index in [1.807, 2.05) is 12.1 Å². The number of pyridine rings is 1. The average molecular weight is 301 g/mol. The van der Waals surface area contributed by atoms with Crippen molar-refractivity contribution in [1.82, 2.24) is 15.0 Å². The van der Waals surface area contributed by atoms with Crippen LogP contribution in [0.25, 0.3) is 11.3 Å². The molecule has 104 valence electrons. The number of aromatic nitrogens is 3. The molecule has 0 saturated carbocycles. The predicted octanol–water partition coefficient (Wildman–Crippen LogP) is 4.07. The Labute approximate surface area is 125 Å². The molecule has 1 aromatic carbocycles. The molecule has 0 saturated heterocycles. The Balaban J connectivity index is 1.90. The van der Waals surface area contributed by atoms with E-state index >= 15 is 0 Å². The number of nitrogens with one attached hydrogen (secondary N) is 1. The maximum atomic E-state index is 13.2. The number of halogens is 2. The molecule has 6 heteroatoms. The second kappa shape index (κ2) is 5.85. The van der Waals surface area contributed by atoms with E-state index in [1.54, 1.807) is 24.3 Å². The molecule has 0 radical (unpaired) electrons. The first-order valence-corrected chi connectivity index (χ1v) is 6.55. The van der Waals surface area contributed by atoms with Crippen LogP contribution in [0.3, 0.4) is 0 Å². The van der Waals surface area contributed by atoms with Gasteiger partial charge in [-0.05, 0) is 24.3 Å². The summed E-state index contributed by atoms with van der Waals surface area (Å²) in [4.78, 5) is 11.8. The van der Waals surface area contributed by atoms with Crippen LogP contribution in [-0.2, 0) is 0 Å². The van der Waals surface area contributed by atoms with Crippen molar-refractivity contribution in [3.63, 3.8) is 0 Å². The third-order valence-electron chi connectivity index (χ3n) is 2.79. The highest BCUT2D eigenvalue weighted by Gasteiger charge is 2.04. The molecule has 0 aliphatic carbocycles. The lowest BCUT2D eigenvalue weighted by Gasteiger charge is -2.07. The molecule has 0 bridgehead atoms. The number of benzene rings is 1. The fraction of sp³-hybridized carbons (Fsp3) is 0. The van der Waals surface area contributed by atoms with E-state index in [4.69, 9.17) is 11.6 Å². The molecule has 0 fully saturated rings. The average Bonchev–Trinajstić information content (AvgIpc) is 2.47. The van der Waals surface area contributed by atoms with Crippen LogP contribution in [0.1, 0.15) is 0 Å². The molecule has 21 heavy (non-hydrogen) atoms. The van der Waals surface area contributed by atoms with Gasteiger partial charge in [0.2, 0.25) is 5.95 Å². The normalized spacial score (nSPS) is 10.4. The zero-order valence-electron chi connectivity index (χ0n) is 10.8. The molecule has 3 aromatic rings. The van der Waals surface area contributed by atoms with Crippen molar-refractivity contribution in [1.29, 1.82) is 0 Å². The number of rotatable bonds is 3.